The Balaban J connectivity index is 1.15. The number of fused-ring (bicyclic) bond motifs is 3. The molecule has 0 saturated carbocycles. The summed E-state index contributed by atoms with van der Waals surface area (Å²) in [7, 11) is 0. The first kappa shape index (κ1) is 22.7. The summed E-state index contributed by atoms with van der Waals surface area (Å²) in [6.07, 6.45) is 2.59. The molecule has 4 aliphatic heterocycles. The molecule has 2 N–H and O–H groups in total. The van der Waals surface area contributed by atoms with Gasteiger partial charge in [-0.15, -0.1) is 0 Å². The second-order valence-electron chi connectivity index (χ2n) is 10.1. The SMILES string of the molecule is O=C1CCC(N2Cc3cc(CN4CCCC5(CC4)OC(=O)Nc4ccccc45)ccc3C2=O)C(=O)N1. The van der Waals surface area contributed by atoms with Gasteiger partial charge in [0, 0.05) is 43.6 Å². The third-order valence-corrected chi connectivity index (χ3v) is 7.82. The number of piperidine rings is 1. The van der Waals surface area contributed by atoms with Gasteiger partial charge < -0.3 is 9.64 Å². The molecule has 9 nitrogen and oxygen atoms in total. The maximum Gasteiger partial charge on any atom is 0.412 e. The van der Waals surface area contributed by atoms with Crippen LogP contribution in [0.5, 0.6) is 0 Å². The summed E-state index contributed by atoms with van der Waals surface area (Å²) in [5.74, 6) is -0.842. The van der Waals surface area contributed by atoms with E-state index in [9.17, 15) is 19.2 Å². The zero-order valence-corrected chi connectivity index (χ0v) is 19.9. The molecule has 2 aromatic carbocycles. The summed E-state index contributed by atoms with van der Waals surface area (Å²) >= 11 is 0. The first-order chi connectivity index (χ1) is 17.4. The summed E-state index contributed by atoms with van der Waals surface area (Å²) in [4.78, 5) is 53.0. The molecule has 4 amide bonds. The maximum atomic E-state index is 13.0. The van der Waals surface area contributed by atoms with Crippen LogP contribution in [0, 0.1) is 0 Å². The number of hydrogen-bond donors (Lipinski definition) is 2. The van der Waals surface area contributed by atoms with Gasteiger partial charge in [-0.05, 0) is 49.1 Å². The molecule has 2 unspecified atom stereocenters. The van der Waals surface area contributed by atoms with Gasteiger partial charge in [-0.25, -0.2) is 4.79 Å². The Morgan fingerprint density at radius 2 is 1.86 bits per heavy atom. The fraction of sp³-hybridized carbons (Fsp3) is 0.407. The topological polar surface area (TPSA) is 108 Å². The summed E-state index contributed by atoms with van der Waals surface area (Å²) in [6, 6.07) is 13.1. The summed E-state index contributed by atoms with van der Waals surface area (Å²) < 4.78 is 5.90. The highest BCUT2D eigenvalue weighted by Gasteiger charge is 2.43. The average molecular weight is 489 g/mol. The van der Waals surface area contributed by atoms with E-state index in [1.807, 2.05) is 36.4 Å². The lowest BCUT2D eigenvalue weighted by Gasteiger charge is -2.38. The van der Waals surface area contributed by atoms with Crippen LogP contribution in [0.2, 0.25) is 0 Å². The number of amides is 4. The number of rotatable bonds is 3. The average Bonchev–Trinajstić information content (AvgIpc) is 3.04. The van der Waals surface area contributed by atoms with E-state index in [0.717, 1.165) is 54.9 Å². The minimum Gasteiger partial charge on any atom is -0.438 e. The second-order valence-corrected chi connectivity index (χ2v) is 10.1. The summed E-state index contributed by atoms with van der Waals surface area (Å²) in [5, 5.41) is 5.16. The fourth-order valence-electron chi connectivity index (χ4n) is 6.03. The quantitative estimate of drug-likeness (QED) is 0.644. The van der Waals surface area contributed by atoms with E-state index < -0.39 is 23.6 Å². The number of carbonyl (C=O) groups excluding carboxylic acids is 4. The molecule has 36 heavy (non-hydrogen) atoms. The highest BCUT2D eigenvalue weighted by atomic mass is 16.6. The Hall–Kier alpha value is -3.72. The van der Waals surface area contributed by atoms with Crippen molar-refractivity contribution in [2.24, 2.45) is 0 Å². The Labute approximate surface area is 208 Å². The number of nitrogens with zero attached hydrogens (tertiary/aromatic N) is 2. The number of nitrogens with one attached hydrogen (secondary N) is 2. The van der Waals surface area contributed by atoms with Crippen molar-refractivity contribution in [1.82, 2.24) is 15.1 Å². The standard InChI is InChI=1S/C27H28N4O5/c32-23-9-8-22(24(33)29-23)31-16-18-14-17(6-7-19(18)25(31)34)15-30-12-3-10-27(11-13-30)20-4-1-2-5-21(20)28-26(35)36-27/h1-2,4-7,14,22H,3,8-13,15-16H2,(H,28,35)(H,29,32,33). The zero-order chi connectivity index (χ0) is 24.9. The van der Waals surface area contributed by atoms with Crippen LogP contribution in [-0.4, -0.2) is 52.7 Å². The number of carbonyl (C=O) groups is 4. The number of anilines is 1. The number of imide groups is 1. The predicted octanol–water partition coefficient (Wildman–Crippen LogP) is 2.89. The van der Waals surface area contributed by atoms with Gasteiger partial charge in [-0.1, -0.05) is 30.3 Å². The highest BCUT2D eigenvalue weighted by Crippen LogP contribution is 2.43. The largest absolute Gasteiger partial charge is 0.438 e. The number of para-hydroxylation sites is 1. The van der Waals surface area contributed by atoms with Crippen LogP contribution in [0.3, 0.4) is 0 Å². The van der Waals surface area contributed by atoms with E-state index in [-0.39, 0.29) is 18.2 Å². The molecule has 2 saturated heterocycles. The van der Waals surface area contributed by atoms with Gasteiger partial charge in [0.15, 0.2) is 0 Å². The van der Waals surface area contributed by atoms with Crippen LogP contribution in [0.4, 0.5) is 10.5 Å². The normalized spacial score (nSPS) is 26.1. The molecule has 4 heterocycles. The third kappa shape index (κ3) is 3.93. The van der Waals surface area contributed by atoms with E-state index in [4.69, 9.17) is 4.74 Å². The van der Waals surface area contributed by atoms with E-state index >= 15 is 0 Å². The lowest BCUT2D eigenvalue weighted by atomic mass is 9.84. The van der Waals surface area contributed by atoms with Crippen LogP contribution in [0.25, 0.3) is 0 Å². The minimum absolute atomic E-state index is 0.158. The molecule has 2 atom stereocenters. The van der Waals surface area contributed by atoms with E-state index in [2.05, 4.69) is 21.6 Å². The fourth-order valence-corrected chi connectivity index (χ4v) is 6.03. The van der Waals surface area contributed by atoms with Gasteiger partial charge in [0.2, 0.25) is 11.8 Å². The molecule has 0 radical (unpaired) electrons. The Bertz CT molecular complexity index is 1280. The maximum absolute atomic E-state index is 13.0. The second kappa shape index (κ2) is 8.74. The van der Waals surface area contributed by atoms with Gasteiger partial charge in [-0.2, -0.15) is 0 Å². The molecule has 0 bridgehead atoms. The molecule has 0 aromatic heterocycles. The molecule has 2 fully saturated rings. The lowest BCUT2D eigenvalue weighted by molar-refractivity contribution is -0.136. The van der Waals surface area contributed by atoms with Crippen molar-refractivity contribution in [3.05, 3.63) is 64.7 Å². The molecular weight excluding hydrogens is 460 g/mol. The Kier molecular flexibility index (Phi) is 5.52. The molecule has 2 aromatic rings. The van der Waals surface area contributed by atoms with Crippen LogP contribution in [0.15, 0.2) is 42.5 Å². The number of likely N-dealkylation sites (tertiary alicyclic amines) is 1. The number of ether oxygens (including phenoxy) is 1. The van der Waals surface area contributed by atoms with Crippen molar-refractivity contribution >= 4 is 29.5 Å². The van der Waals surface area contributed by atoms with Gasteiger partial charge in [0.1, 0.15) is 11.6 Å². The van der Waals surface area contributed by atoms with E-state index in [1.165, 1.54) is 0 Å². The van der Waals surface area contributed by atoms with Crippen LogP contribution in [-0.2, 0) is 33.0 Å². The van der Waals surface area contributed by atoms with Crippen LogP contribution >= 0.6 is 0 Å². The molecule has 1 spiro atoms. The van der Waals surface area contributed by atoms with Crippen molar-refractivity contribution in [2.45, 2.75) is 56.8 Å². The zero-order valence-electron chi connectivity index (χ0n) is 19.9. The predicted molar refractivity (Wildman–Crippen MR) is 130 cm³/mol. The first-order valence-corrected chi connectivity index (χ1v) is 12.5. The van der Waals surface area contributed by atoms with Crippen LogP contribution < -0.4 is 10.6 Å². The van der Waals surface area contributed by atoms with Gasteiger partial charge in [0.05, 0.1) is 5.69 Å². The van der Waals surface area contributed by atoms with Crippen molar-refractivity contribution < 1.29 is 23.9 Å². The Morgan fingerprint density at radius 3 is 2.72 bits per heavy atom. The molecule has 186 valence electrons. The highest BCUT2D eigenvalue weighted by molar-refractivity contribution is 6.05. The van der Waals surface area contributed by atoms with Crippen LogP contribution in [0.1, 0.15) is 59.2 Å². The number of benzene rings is 2. The van der Waals surface area contributed by atoms with Gasteiger partial charge in [-0.3, -0.25) is 29.9 Å². The third-order valence-electron chi connectivity index (χ3n) is 7.82. The van der Waals surface area contributed by atoms with Gasteiger partial charge in [0.25, 0.3) is 5.91 Å². The monoisotopic (exact) mass is 488 g/mol. The van der Waals surface area contributed by atoms with Crippen molar-refractivity contribution in [3.8, 4) is 0 Å². The van der Waals surface area contributed by atoms with Gasteiger partial charge >= 0.3 is 6.09 Å². The molecular formula is C27H28N4O5. The van der Waals surface area contributed by atoms with Crippen molar-refractivity contribution in [1.29, 1.82) is 0 Å². The Morgan fingerprint density at radius 1 is 1.00 bits per heavy atom. The first-order valence-electron chi connectivity index (χ1n) is 12.5. The van der Waals surface area contributed by atoms with Crippen molar-refractivity contribution in [2.75, 3.05) is 18.4 Å². The smallest absolute Gasteiger partial charge is 0.412 e. The van der Waals surface area contributed by atoms with Crippen molar-refractivity contribution in [3.63, 3.8) is 0 Å². The number of hydrogen-bond acceptors (Lipinski definition) is 6. The van der Waals surface area contributed by atoms with E-state index in [1.54, 1.807) is 4.90 Å². The minimum atomic E-state index is -0.611. The molecule has 6 rings (SSSR count). The lowest BCUT2D eigenvalue weighted by Crippen LogP contribution is -2.52. The molecule has 4 aliphatic rings. The molecule has 0 aliphatic carbocycles. The molecule has 9 heteroatoms. The summed E-state index contributed by atoms with van der Waals surface area (Å²) in [6.45, 7) is 2.76. The summed E-state index contributed by atoms with van der Waals surface area (Å²) in [5.41, 5.74) is 3.89. The van der Waals surface area contributed by atoms with E-state index in [0.29, 0.717) is 24.9 Å².